The van der Waals surface area contributed by atoms with Crippen LogP contribution < -0.4 is 4.90 Å². The summed E-state index contributed by atoms with van der Waals surface area (Å²) in [5, 5.41) is 0.946. The lowest BCUT2D eigenvalue weighted by Gasteiger charge is -2.44. The minimum absolute atomic E-state index is 0.0168. The predicted octanol–water partition coefficient (Wildman–Crippen LogP) is 2.12. The second-order valence-corrected chi connectivity index (χ2v) is 7.96. The molecule has 5 rings (SSSR count). The van der Waals surface area contributed by atoms with E-state index < -0.39 is 5.60 Å². The van der Waals surface area contributed by atoms with Gasteiger partial charge in [-0.05, 0) is 37.0 Å². The number of rotatable bonds is 2. The predicted molar refractivity (Wildman–Crippen MR) is 109 cm³/mol. The second kappa shape index (κ2) is 6.81. The average Bonchev–Trinajstić information content (AvgIpc) is 3.22. The molecule has 8 heteroatoms. The molecule has 150 valence electrons. The Kier molecular flexibility index (Phi) is 4.24. The molecule has 2 aliphatic heterocycles. The third-order valence-corrected chi connectivity index (χ3v) is 5.94. The molecule has 0 aliphatic carbocycles. The number of piperidine rings is 1. The normalized spacial score (nSPS) is 18.1. The number of carbonyl (C=O) groups is 1. The lowest BCUT2D eigenvalue weighted by atomic mass is 9.83. The molecular formula is C21H24N6O2. The summed E-state index contributed by atoms with van der Waals surface area (Å²) in [7, 11) is 3.88. The Labute approximate surface area is 168 Å². The van der Waals surface area contributed by atoms with Gasteiger partial charge in [-0.15, -0.1) is 0 Å². The summed E-state index contributed by atoms with van der Waals surface area (Å²) in [5.74, 6) is 0.709. The van der Waals surface area contributed by atoms with Gasteiger partial charge in [-0.25, -0.2) is 15.0 Å². The number of carbonyl (C=O) groups excluding carboxylic acids is 1. The molecule has 1 saturated heterocycles. The van der Waals surface area contributed by atoms with Gasteiger partial charge in [-0.2, -0.15) is 0 Å². The molecule has 0 aromatic carbocycles. The van der Waals surface area contributed by atoms with Crippen molar-refractivity contribution in [1.29, 1.82) is 0 Å². The van der Waals surface area contributed by atoms with Crippen LogP contribution in [-0.2, 0) is 16.8 Å². The zero-order chi connectivity index (χ0) is 20.0. The Bertz CT molecular complexity index is 1070. The molecule has 29 heavy (non-hydrogen) atoms. The fraction of sp³-hybridized carbons (Fsp3) is 0.429. The van der Waals surface area contributed by atoms with E-state index in [1.807, 2.05) is 48.4 Å². The van der Waals surface area contributed by atoms with Crippen molar-refractivity contribution in [3.63, 3.8) is 0 Å². The Morgan fingerprint density at radius 3 is 2.86 bits per heavy atom. The van der Waals surface area contributed by atoms with Crippen LogP contribution in [0, 0.1) is 0 Å². The number of fused-ring (bicyclic) bond motifs is 3. The number of hydrogen-bond acceptors (Lipinski definition) is 6. The summed E-state index contributed by atoms with van der Waals surface area (Å²) in [6, 6.07) is 3.83. The molecule has 1 fully saturated rings. The van der Waals surface area contributed by atoms with Gasteiger partial charge in [0.15, 0.2) is 0 Å². The fourth-order valence-corrected chi connectivity index (χ4v) is 4.31. The number of pyridine rings is 1. The van der Waals surface area contributed by atoms with E-state index in [9.17, 15) is 4.79 Å². The van der Waals surface area contributed by atoms with Crippen LogP contribution >= 0.6 is 0 Å². The molecular weight excluding hydrogens is 368 g/mol. The van der Waals surface area contributed by atoms with Gasteiger partial charge in [0.2, 0.25) is 5.95 Å². The molecule has 3 aromatic rings. The maximum absolute atomic E-state index is 13.0. The van der Waals surface area contributed by atoms with Gasteiger partial charge < -0.3 is 19.5 Å². The maximum Gasteiger partial charge on any atom is 0.255 e. The van der Waals surface area contributed by atoms with Crippen LogP contribution in [0.15, 0.2) is 30.7 Å². The van der Waals surface area contributed by atoms with E-state index >= 15 is 0 Å². The first-order valence-corrected chi connectivity index (χ1v) is 9.96. The van der Waals surface area contributed by atoms with Crippen LogP contribution in [0.1, 0.15) is 34.5 Å². The van der Waals surface area contributed by atoms with E-state index in [-0.39, 0.29) is 5.91 Å². The van der Waals surface area contributed by atoms with E-state index in [0.29, 0.717) is 31.2 Å². The first-order chi connectivity index (χ1) is 14.1. The van der Waals surface area contributed by atoms with Crippen LogP contribution in [0.25, 0.3) is 11.0 Å². The highest BCUT2D eigenvalue weighted by Crippen LogP contribution is 2.41. The minimum Gasteiger partial charge on any atom is -0.368 e. The molecule has 5 heterocycles. The lowest BCUT2D eigenvalue weighted by molar-refractivity contribution is -0.0967. The maximum atomic E-state index is 13.0. The van der Waals surface area contributed by atoms with E-state index in [0.717, 1.165) is 41.6 Å². The highest BCUT2D eigenvalue weighted by atomic mass is 16.5. The van der Waals surface area contributed by atoms with Crippen LogP contribution in [0.2, 0.25) is 0 Å². The van der Waals surface area contributed by atoms with Gasteiger partial charge >= 0.3 is 0 Å². The summed E-state index contributed by atoms with van der Waals surface area (Å²) in [4.78, 5) is 33.5. The van der Waals surface area contributed by atoms with Crippen molar-refractivity contribution >= 4 is 22.9 Å². The van der Waals surface area contributed by atoms with Gasteiger partial charge in [0.1, 0.15) is 11.2 Å². The number of likely N-dealkylation sites (tertiary alicyclic amines) is 1. The van der Waals surface area contributed by atoms with Gasteiger partial charge in [0.25, 0.3) is 5.91 Å². The zero-order valence-corrected chi connectivity index (χ0v) is 16.7. The van der Waals surface area contributed by atoms with Gasteiger partial charge in [0, 0.05) is 51.2 Å². The third-order valence-electron chi connectivity index (χ3n) is 5.94. The molecule has 0 unspecified atom stereocenters. The molecule has 1 N–H and O–H groups in total. The summed E-state index contributed by atoms with van der Waals surface area (Å²) in [6.45, 7) is 1.93. The standard InChI is InChI=1S/C21H24N6O2/c1-26(2)20-24-12-15-4-10-29-21(17(15)25-20)5-8-27(9-6-21)19(28)16-11-14-3-7-22-18(14)23-13-16/h3,7,11-13H,4-6,8-10H2,1-2H3,(H,22,23). The van der Waals surface area contributed by atoms with E-state index in [2.05, 4.69) is 15.0 Å². The monoisotopic (exact) mass is 392 g/mol. The number of aromatic amines is 1. The van der Waals surface area contributed by atoms with Crippen molar-refractivity contribution < 1.29 is 9.53 Å². The Morgan fingerprint density at radius 2 is 2.07 bits per heavy atom. The smallest absolute Gasteiger partial charge is 0.255 e. The number of nitrogens with one attached hydrogen (secondary N) is 1. The van der Waals surface area contributed by atoms with Crippen LogP contribution in [0.5, 0.6) is 0 Å². The highest BCUT2D eigenvalue weighted by Gasteiger charge is 2.43. The quantitative estimate of drug-likeness (QED) is 0.719. The largest absolute Gasteiger partial charge is 0.368 e. The number of amides is 1. The van der Waals surface area contributed by atoms with Crippen LogP contribution in [-0.4, -0.2) is 64.5 Å². The topological polar surface area (TPSA) is 87.2 Å². The summed E-state index contributed by atoms with van der Waals surface area (Å²) < 4.78 is 6.29. The molecule has 0 saturated carbocycles. The molecule has 3 aromatic heterocycles. The number of aromatic nitrogens is 4. The Morgan fingerprint density at radius 1 is 1.24 bits per heavy atom. The van der Waals surface area contributed by atoms with Crippen molar-refractivity contribution in [2.24, 2.45) is 0 Å². The zero-order valence-electron chi connectivity index (χ0n) is 16.7. The minimum atomic E-state index is -0.430. The number of hydrogen-bond donors (Lipinski definition) is 1. The molecule has 2 aliphatic rings. The molecule has 0 atom stereocenters. The van der Waals surface area contributed by atoms with Crippen molar-refractivity contribution in [1.82, 2.24) is 24.8 Å². The SMILES string of the molecule is CN(C)c1ncc2c(n1)C1(CCN(C(=O)c3cnc4[nH]ccc4c3)CC1)OCC2. The van der Waals surface area contributed by atoms with Crippen molar-refractivity contribution in [3.8, 4) is 0 Å². The van der Waals surface area contributed by atoms with E-state index in [4.69, 9.17) is 9.72 Å². The van der Waals surface area contributed by atoms with Crippen molar-refractivity contribution in [2.45, 2.75) is 24.9 Å². The Balaban J connectivity index is 1.37. The Hall–Kier alpha value is -3.00. The molecule has 1 spiro atoms. The number of H-pyrrole nitrogens is 1. The van der Waals surface area contributed by atoms with Gasteiger partial charge in [-0.3, -0.25) is 4.79 Å². The van der Waals surface area contributed by atoms with Gasteiger partial charge in [0.05, 0.1) is 17.9 Å². The lowest BCUT2D eigenvalue weighted by Crippen LogP contribution is -2.49. The van der Waals surface area contributed by atoms with Crippen molar-refractivity contribution in [3.05, 3.63) is 47.5 Å². The third kappa shape index (κ3) is 3.04. The summed E-state index contributed by atoms with van der Waals surface area (Å²) in [5.41, 5.74) is 3.13. The van der Waals surface area contributed by atoms with Crippen LogP contribution in [0.3, 0.4) is 0 Å². The summed E-state index contributed by atoms with van der Waals surface area (Å²) in [6.07, 6.45) is 7.70. The average molecular weight is 392 g/mol. The molecule has 1 amide bonds. The molecule has 0 radical (unpaired) electrons. The van der Waals surface area contributed by atoms with Crippen molar-refractivity contribution in [2.75, 3.05) is 38.7 Å². The van der Waals surface area contributed by atoms with E-state index in [1.165, 1.54) is 0 Å². The number of ether oxygens (including phenoxy) is 1. The number of nitrogens with zero attached hydrogens (tertiary/aromatic N) is 5. The van der Waals surface area contributed by atoms with Crippen LogP contribution in [0.4, 0.5) is 5.95 Å². The summed E-state index contributed by atoms with van der Waals surface area (Å²) >= 11 is 0. The molecule has 0 bridgehead atoms. The first-order valence-electron chi connectivity index (χ1n) is 9.96. The van der Waals surface area contributed by atoms with E-state index in [1.54, 1.807) is 6.20 Å². The van der Waals surface area contributed by atoms with Gasteiger partial charge in [-0.1, -0.05) is 0 Å². The molecule has 8 nitrogen and oxygen atoms in total. The first kappa shape index (κ1) is 18.1. The fourth-order valence-electron chi connectivity index (χ4n) is 4.31. The highest BCUT2D eigenvalue weighted by molar-refractivity contribution is 5.97. The number of anilines is 1. The second-order valence-electron chi connectivity index (χ2n) is 7.96.